The molecule has 0 aliphatic heterocycles. The van der Waals surface area contributed by atoms with E-state index in [9.17, 15) is 13.2 Å². The molecule has 1 aliphatic carbocycles. The van der Waals surface area contributed by atoms with E-state index in [0.717, 1.165) is 6.26 Å². The van der Waals surface area contributed by atoms with Gasteiger partial charge in [-0.25, -0.2) is 0 Å². The number of oxime groups is 1. The number of ketones is 1. The van der Waals surface area contributed by atoms with E-state index >= 15 is 0 Å². The van der Waals surface area contributed by atoms with Crippen LogP contribution in [0.2, 0.25) is 0 Å². The normalized spacial score (nSPS) is 19.9. The van der Waals surface area contributed by atoms with Crippen molar-refractivity contribution in [2.45, 2.75) is 13.8 Å². The third kappa shape index (κ3) is 3.02. The number of rotatable bonds is 2. The molecule has 0 fully saturated rings. The second kappa shape index (κ2) is 3.98. The maximum Gasteiger partial charge on any atom is 0.325 e. The number of allylic oxidation sites excluding steroid dienone is 4. The maximum atomic E-state index is 11.2. The first-order chi connectivity index (χ1) is 6.81. The SMILES string of the molecule is CC1=C(C)C(=NOS(C)(=O)=O)C=CC1=O. The molecule has 0 N–H and O–H groups in total. The quantitative estimate of drug-likeness (QED) is 0.518. The minimum Gasteiger partial charge on any atom is -0.290 e. The Hall–Kier alpha value is -1.43. The molecule has 1 aliphatic rings. The Bertz CT molecular complexity index is 482. The molecule has 82 valence electrons. The molecule has 0 saturated carbocycles. The van der Waals surface area contributed by atoms with Gasteiger partial charge in [-0.1, -0.05) is 5.16 Å². The molecule has 0 bridgehead atoms. The van der Waals surface area contributed by atoms with E-state index in [1.807, 2.05) is 0 Å². The molecule has 0 amide bonds. The van der Waals surface area contributed by atoms with Crippen LogP contribution in [-0.2, 0) is 19.2 Å². The van der Waals surface area contributed by atoms with Gasteiger partial charge in [0.05, 0.1) is 6.26 Å². The highest BCUT2D eigenvalue weighted by Crippen LogP contribution is 2.14. The molecule has 0 unspecified atom stereocenters. The number of carbonyl (C=O) groups is 1. The van der Waals surface area contributed by atoms with Crippen molar-refractivity contribution in [2.24, 2.45) is 5.16 Å². The lowest BCUT2D eigenvalue weighted by atomic mass is 9.97. The Kier molecular flexibility index (Phi) is 3.09. The van der Waals surface area contributed by atoms with Crippen LogP contribution in [0.3, 0.4) is 0 Å². The first-order valence-electron chi connectivity index (χ1n) is 4.18. The third-order valence-corrected chi connectivity index (χ3v) is 2.33. The summed E-state index contributed by atoms with van der Waals surface area (Å²) in [6.45, 7) is 3.33. The minimum atomic E-state index is -3.61. The molecule has 15 heavy (non-hydrogen) atoms. The maximum absolute atomic E-state index is 11.2. The zero-order valence-corrected chi connectivity index (χ0v) is 9.46. The molecule has 1 rings (SSSR count). The number of hydrogen-bond donors (Lipinski definition) is 0. The Morgan fingerprint density at radius 2 is 1.80 bits per heavy atom. The third-order valence-electron chi connectivity index (χ3n) is 1.98. The van der Waals surface area contributed by atoms with Gasteiger partial charge in [-0.3, -0.25) is 9.08 Å². The van der Waals surface area contributed by atoms with Crippen molar-refractivity contribution < 1.29 is 17.5 Å². The number of carbonyl (C=O) groups excluding carboxylic acids is 1. The monoisotopic (exact) mass is 229 g/mol. The van der Waals surface area contributed by atoms with E-state index in [-0.39, 0.29) is 5.78 Å². The van der Waals surface area contributed by atoms with E-state index in [2.05, 4.69) is 9.44 Å². The molecule has 6 heteroatoms. The molecule has 0 aromatic heterocycles. The molecule has 0 atom stereocenters. The van der Waals surface area contributed by atoms with Crippen LogP contribution in [0.4, 0.5) is 0 Å². The summed E-state index contributed by atoms with van der Waals surface area (Å²) in [5, 5.41) is 3.45. The van der Waals surface area contributed by atoms with Gasteiger partial charge in [-0.2, -0.15) is 8.42 Å². The summed E-state index contributed by atoms with van der Waals surface area (Å²) in [4.78, 5) is 11.2. The lowest BCUT2D eigenvalue weighted by Gasteiger charge is -2.09. The van der Waals surface area contributed by atoms with Crippen LogP contribution in [0.15, 0.2) is 28.5 Å². The summed E-state index contributed by atoms with van der Waals surface area (Å²) < 4.78 is 25.7. The van der Waals surface area contributed by atoms with E-state index in [4.69, 9.17) is 0 Å². The van der Waals surface area contributed by atoms with Gasteiger partial charge in [0, 0.05) is 5.57 Å². The molecule has 5 nitrogen and oxygen atoms in total. The van der Waals surface area contributed by atoms with Gasteiger partial charge in [0.25, 0.3) is 0 Å². The predicted molar refractivity (Wildman–Crippen MR) is 55.9 cm³/mol. The predicted octanol–water partition coefficient (Wildman–Crippen LogP) is 0.794. The Morgan fingerprint density at radius 3 is 2.33 bits per heavy atom. The first-order valence-corrected chi connectivity index (χ1v) is 6.00. The van der Waals surface area contributed by atoms with Crippen LogP contribution >= 0.6 is 0 Å². The highest BCUT2D eigenvalue weighted by atomic mass is 32.2. The van der Waals surface area contributed by atoms with Gasteiger partial charge in [0.2, 0.25) is 0 Å². The fourth-order valence-electron chi connectivity index (χ4n) is 0.988. The van der Waals surface area contributed by atoms with Crippen LogP contribution in [-0.4, -0.2) is 26.2 Å². The average Bonchev–Trinajstić information content (AvgIpc) is 2.12. The van der Waals surface area contributed by atoms with Crippen molar-refractivity contribution in [3.63, 3.8) is 0 Å². The van der Waals surface area contributed by atoms with E-state index in [1.54, 1.807) is 13.8 Å². The Balaban J connectivity index is 3.00. The van der Waals surface area contributed by atoms with Crippen LogP contribution in [0, 0.1) is 0 Å². The second-order valence-electron chi connectivity index (χ2n) is 3.20. The smallest absolute Gasteiger partial charge is 0.290 e. The summed E-state index contributed by atoms with van der Waals surface area (Å²) in [6.07, 6.45) is 3.66. The molecule has 0 aromatic carbocycles. The van der Waals surface area contributed by atoms with Crippen molar-refractivity contribution in [1.82, 2.24) is 0 Å². The van der Waals surface area contributed by atoms with Crippen molar-refractivity contribution in [2.75, 3.05) is 6.26 Å². The van der Waals surface area contributed by atoms with Crippen molar-refractivity contribution in [3.05, 3.63) is 23.3 Å². The lowest BCUT2D eigenvalue weighted by molar-refractivity contribution is -0.111. The molecular weight excluding hydrogens is 218 g/mol. The average molecular weight is 229 g/mol. The molecule has 0 spiro atoms. The molecule has 0 aromatic rings. The highest BCUT2D eigenvalue weighted by molar-refractivity contribution is 7.85. The minimum absolute atomic E-state index is 0.106. The Labute approximate surface area is 88.2 Å². The summed E-state index contributed by atoms with van der Waals surface area (Å²) >= 11 is 0. The fraction of sp³-hybridized carbons (Fsp3) is 0.333. The fourth-order valence-corrected chi connectivity index (χ4v) is 1.20. The summed E-state index contributed by atoms with van der Waals surface area (Å²) in [5.74, 6) is -0.106. The van der Waals surface area contributed by atoms with Crippen LogP contribution in [0.5, 0.6) is 0 Å². The lowest BCUT2D eigenvalue weighted by Crippen LogP contribution is -2.12. The van der Waals surface area contributed by atoms with Gasteiger partial charge >= 0.3 is 10.1 Å². The van der Waals surface area contributed by atoms with E-state index < -0.39 is 10.1 Å². The van der Waals surface area contributed by atoms with Crippen molar-refractivity contribution in [3.8, 4) is 0 Å². The van der Waals surface area contributed by atoms with Crippen LogP contribution in [0.25, 0.3) is 0 Å². The van der Waals surface area contributed by atoms with Gasteiger partial charge in [-0.05, 0) is 31.6 Å². The second-order valence-corrected chi connectivity index (χ2v) is 4.76. The van der Waals surface area contributed by atoms with Gasteiger partial charge in [0.1, 0.15) is 5.71 Å². The van der Waals surface area contributed by atoms with Gasteiger partial charge < -0.3 is 0 Å². The molecular formula is C9H11NO4S. The highest BCUT2D eigenvalue weighted by Gasteiger charge is 2.15. The summed E-state index contributed by atoms with van der Waals surface area (Å²) in [5.41, 5.74) is 1.50. The van der Waals surface area contributed by atoms with Gasteiger partial charge in [-0.15, -0.1) is 0 Å². The van der Waals surface area contributed by atoms with Crippen LogP contribution < -0.4 is 0 Å². The summed E-state index contributed by atoms with van der Waals surface area (Å²) in [6, 6.07) is 0. The van der Waals surface area contributed by atoms with Crippen LogP contribution in [0.1, 0.15) is 13.8 Å². The summed E-state index contributed by atoms with van der Waals surface area (Å²) in [7, 11) is -3.61. The first kappa shape index (κ1) is 11.6. The largest absolute Gasteiger partial charge is 0.325 e. The molecule has 0 saturated heterocycles. The van der Waals surface area contributed by atoms with Crippen molar-refractivity contribution >= 4 is 21.6 Å². The zero-order valence-electron chi connectivity index (χ0n) is 8.64. The van der Waals surface area contributed by atoms with E-state index in [0.29, 0.717) is 16.9 Å². The topological polar surface area (TPSA) is 72.8 Å². The Morgan fingerprint density at radius 1 is 1.20 bits per heavy atom. The van der Waals surface area contributed by atoms with E-state index in [1.165, 1.54) is 12.2 Å². The zero-order chi connectivity index (χ0) is 11.6. The van der Waals surface area contributed by atoms with Crippen molar-refractivity contribution in [1.29, 1.82) is 0 Å². The molecule has 0 heterocycles. The number of nitrogens with zero attached hydrogens (tertiary/aromatic N) is 1. The standard InChI is InChI=1S/C9H11NO4S/c1-6-7(2)9(11)5-4-8(6)10-14-15(3,12)13/h4-5H,1-3H3. The molecule has 0 radical (unpaired) electrons. The van der Waals surface area contributed by atoms with Gasteiger partial charge in [0.15, 0.2) is 5.78 Å². The number of hydrogen-bond acceptors (Lipinski definition) is 5.